The smallest absolute Gasteiger partial charge is 0.314 e. The van der Waals surface area contributed by atoms with Gasteiger partial charge < -0.3 is 24.8 Å². The van der Waals surface area contributed by atoms with E-state index >= 15 is 0 Å². The SMILES string of the molecule is CCCN(c1ccc(F)cc1)c1cccc2c1OCC2Nc1ccc2c(c1)OCC2C(=O)O. The zero-order valence-corrected chi connectivity index (χ0v) is 18.3. The van der Waals surface area contributed by atoms with E-state index in [1.807, 2.05) is 36.4 Å². The van der Waals surface area contributed by atoms with Crippen LogP contribution in [0.2, 0.25) is 0 Å². The molecule has 2 aliphatic rings. The summed E-state index contributed by atoms with van der Waals surface area (Å²) in [6.07, 6.45) is 0.926. The van der Waals surface area contributed by atoms with Crippen LogP contribution in [0, 0.1) is 5.82 Å². The number of hydrogen-bond donors (Lipinski definition) is 2. The highest BCUT2D eigenvalue weighted by Crippen LogP contribution is 2.44. The fraction of sp³-hybridized carbons (Fsp3) is 0.269. The Morgan fingerprint density at radius 1 is 1.09 bits per heavy atom. The molecular weight excluding hydrogens is 423 g/mol. The van der Waals surface area contributed by atoms with Crippen molar-refractivity contribution in [2.24, 2.45) is 0 Å². The van der Waals surface area contributed by atoms with Crippen LogP contribution in [0.5, 0.6) is 11.5 Å². The standard InChI is InChI=1S/C26H25FN2O4/c1-2-12-29(18-9-6-16(27)7-10-18)23-5-3-4-20-22(15-33-25(20)23)28-17-8-11-19-21(26(30)31)14-32-24(19)13-17/h3-11,13,21-22,28H,2,12,14-15H2,1H3,(H,30,31). The molecule has 2 N–H and O–H groups in total. The Morgan fingerprint density at radius 2 is 1.91 bits per heavy atom. The van der Waals surface area contributed by atoms with Gasteiger partial charge in [-0.1, -0.05) is 25.1 Å². The molecule has 0 radical (unpaired) electrons. The number of nitrogens with zero attached hydrogens (tertiary/aromatic N) is 1. The van der Waals surface area contributed by atoms with Gasteiger partial charge in [0.15, 0.2) is 0 Å². The average Bonchev–Trinajstić information content (AvgIpc) is 3.42. The summed E-state index contributed by atoms with van der Waals surface area (Å²) in [7, 11) is 0. The van der Waals surface area contributed by atoms with Crippen LogP contribution in [0.1, 0.15) is 36.4 Å². The maximum atomic E-state index is 13.5. The number of carboxylic acid groups (broad SMARTS) is 1. The molecule has 170 valence electrons. The van der Waals surface area contributed by atoms with Crippen molar-refractivity contribution < 1.29 is 23.8 Å². The van der Waals surface area contributed by atoms with Crippen LogP contribution in [-0.4, -0.2) is 30.8 Å². The van der Waals surface area contributed by atoms with Gasteiger partial charge in [0.2, 0.25) is 0 Å². The Kier molecular flexibility index (Phi) is 5.54. The minimum atomic E-state index is -0.877. The third-order valence-corrected chi connectivity index (χ3v) is 6.10. The van der Waals surface area contributed by atoms with Crippen molar-refractivity contribution in [2.75, 3.05) is 30.0 Å². The maximum absolute atomic E-state index is 13.5. The van der Waals surface area contributed by atoms with Gasteiger partial charge >= 0.3 is 5.97 Å². The summed E-state index contributed by atoms with van der Waals surface area (Å²) >= 11 is 0. The van der Waals surface area contributed by atoms with Gasteiger partial charge in [0.05, 0.1) is 11.7 Å². The predicted molar refractivity (Wildman–Crippen MR) is 124 cm³/mol. The van der Waals surface area contributed by atoms with Gasteiger partial charge in [0.25, 0.3) is 0 Å². The normalized spacial score (nSPS) is 18.1. The number of anilines is 3. The molecule has 2 unspecified atom stereocenters. The second-order valence-electron chi connectivity index (χ2n) is 8.29. The van der Waals surface area contributed by atoms with Crippen molar-refractivity contribution in [3.8, 4) is 11.5 Å². The summed E-state index contributed by atoms with van der Waals surface area (Å²) in [4.78, 5) is 13.5. The molecule has 2 aliphatic heterocycles. The van der Waals surface area contributed by atoms with Crippen molar-refractivity contribution in [1.82, 2.24) is 0 Å². The molecule has 0 aliphatic carbocycles. The summed E-state index contributed by atoms with van der Waals surface area (Å²) in [6.45, 7) is 3.50. The minimum Gasteiger partial charge on any atom is -0.492 e. The van der Waals surface area contributed by atoms with Crippen LogP contribution in [0.3, 0.4) is 0 Å². The second kappa shape index (κ2) is 8.65. The molecule has 0 fully saturated rings. The molecular formula is C26H25FN2O4. The van der Waals surface area contributed by atoms with E-state index in [-0.39, 0.29) is 18.5 Å². The molecule has 2 heterocycles. The van der Waals surface area contributed by atoms with Crippen molar-refractivity contribution in [1.29, 1.82) is 0 Å². The lowest BCUT2D eigenvalue weighted by atomic mass is 10.0. The monoisotopic (exact) mass is 448 g/mol. The van der Waals surface area contributed by atoms with Crippen molar-refractivity contribution in [3.63, 3.8) is 0 Å². The molecule has 0 aromatic heterocycles. The van der Waals surface area contributed by atoms with E-state index in [2.05, 4.69) is 17.1 Å². The zero-order chi connectivity index (χ0) is 22.9. The molecule has 0 bridgehead atoms. The first-order chi connectivity index (χ1) is 16.0. The molecule has 3 aromatic rings. The quantitative estimate of drug-likeness (QED) is 0.499. The lowest BCUT2D eigenvalue weighted by molar-refractivity contribution is -0.138. The van der Waals surface area contributed by atoms with Gasteiger partial charge in [-0.3, -0.25) is 4.79 Å². The summed E-state index contributed by atoms with van der Waals surface area (Å²) in [6, 6.07) is 18.1. The number of nitrogens with one attached hydrogen (secondary N) is 1. The number of carboxylic acids is 1. The van der Waals surface area contributed by atoms with Crippen LogP contribution in [-0.2, 0) is 4.79 Å². The summed E-state index contributed by atoms with van der Waals surface area (Å²) in [5, 5.41) is 12.8. The van der Waals surface area contributed by atoms with E-state index < -0.39 is 11.9 Å². The topological polar surface area (TPSA) is 71.0 Å². The molecule has 3 aromatic carbocycles. The molecule has 6 nitrogen and oxygen atoms in total. The maximum Gasteiger partial charge on any atom is 0.314 e. The van der Waals surface area contributed by atoms with Gasteiger partial charge in [0.1, 0.15) is 36.4 Å². The number of carbonyl (C=O) groups is 1. The zero-order valence-electron chi connectivity index (χ0n) is 18.3. The fourth-order valence-electron chi connectivity index (χ4n) is 4.50. The Morgan fingerprint density at radius 3 is 2.67 bits per heavy atom. The molecule has 2 atom stereocenters. The van der Waals surface area contributed by atoms with E-state index in [4.69, 9.17) is 9.47 Å². The number of ether oxygens (including phenoxy) is 2. The highest BCUT2D eigenvalue weighted by atomic mass is 19.1. The van der Waals surface area contributed by atoms with E-state index in [9.17, 15) is 14.3 Å². The number of fused-ring (bicyclic) bond motifs is 2. The molecule has 33 heavy (non-hydrogen) atoms. The number of benzene rings is 3. The average molecular weight is 448 g/mol. The Labute approximate surface area is 191 Å². The highest BCUT2D eigenvalue weighted by Gasteiger charge is 2.32. The van der Waals surface area contributed by atoms with Crippen LogP contribution in [0.25, 0.3) is 0 Å². The highest BCUT2D eigenvalue weighted by molar-refractivity contribution is 5.79. The Bertz CT molecular complexity index is 1180. The first kappa shape index (κ1) is 21.1. The largest absolute Gasteiger partial charge is 0.492 e. The van der Waals surface area contributed by atoms with Crippen molar-refractivity contribution in [2.45, 2.75) is 25.3 Å². The fourth-order valence-corrected chi connectivity index (χ4v) is 4.50. The van der Waals surface area contributed by atoms with E-state index in [0.717, 1.165) is 41.3 Å². The van der Waals surface area contributed by atoms with Crippen molar-refractivity contribution in [3.05, 3.63) is 77.6 Å². The molecule has 0 spiro atoms. The van der Waals surface area contributed by atoms with Crippen LogP contribution >= 0.6 is 0 Å². The van der Waals surface area contributed by atoms with Crippen LogP contribution < -0.4 is 19.7 Å². The third kappa shape index (κ3) is 3.95. The van der Waals surface area contributed by atoms with Gasteiger partial charge in [0, 0.05) is 35.1 Å². The minimum absolute atomic E-state index is 0.0635. The first-order valence-corrected chi connectivity index (χ1v) is 11.1. The number of hydrogen-bond acceptors (Lipinski definition) is 5. The van der Waals surface area contributed by atoms with Crippen molar-refractivity contribution >= 4 is 23.0 Å². The van der Waals surface area contributed by atoms with E-state index in [1.165, 1.54) is 12.1 Å². The van der Waals surface area contributed by atoms with Gasteiger partial charge in [-0.25, -0.2) is 4.39 Å². The van der Waals surface area contributed by atoms with Gasteiger partial charge in [-0.05, 0) is 42.8 Å². The summed E-state index contributed by atoms with van der Waals surface area (Å²) in [5.74, 6) is -0.343. The molecule has 7 heteroatoms. The molecule has 0 saturated heterocycles. The van der Waals surface area contributed by atoms with Gasteiger partial charge in [-0.15, -0.1) is 0 Å². The Hall–Kier alpha value is -3.74. The van der Waals surface area contributed by atoms with Gasteiger partial charge in [-0.2, -0.15) is 0 Å². The molecule has 0 amide bonds. The first-order valence-electron chi connectivity index (χ1n) is 11.1. The number of halogens is 1. The van der Waals surface area contributed by atoms with E-state index in [0.29, 0.717) is 17.9 Å². The predicted octanol–water partition coefficient (Wildman–Crippen LogP) is 5.48. The summed E-state index contributed by atoms with van der Waals surface area (Å²) < 4.78 is 25.2. The lowest BCUT2D eigenvalue weighted by Gasteiger charge is -2.26. The number of para-hydroxylation sites is 1. The Balaban J connectivity index is 1.41. The number of aliphatic carboxylic acids is 1. The van der Waals surface area contributed by atoms with Crippen LogP contribution in [0.4, 0.5) is 21.5 Å². The summed E-state index contributed by atoms with van der Waals surface area (Å²) in [5.41, 5.74) is 4.45. The molecule has 0 saturated carbocycles. The van der Waals surface area contributed by atoms with E-state index in [1.54, 1.807) is 12.1 Å². The van der Waals surface area contributed by atoms with Crippen LogP contribution in [0.15, 0.2) is 60.7 Å². The third-order valence-electron chi connectivity index (χ3n) is 6.10. The number of rotatable bonds is 7. The molecule has 5 rings (SSSR count). The lowest BCUT2D eigenvalue weighted by Crippen LogP contribution is -2.18. The second-order valence-corrected chi connectivity index (χ2v) is 8.29.